The molecular weight excluding hydrogens is 359 g/mol. The van der Waals surface area contributed by atoms with Gasteiger partial charge in [-0.05, 0) is 37.3 Å². The molecule has 2 aromatic carbocycles. The minimum Gasteiger partial charge on any atom is -0.462 e. The number of halogens is 1. The Labute approximate surface area is 149 Å². The molecule has 0 aliphatic rings. The van der Waals surface area contributed by atoms with Crippen LogP contribution in [0.5, 0.6) is 0 Å². The van der Waals surface area contributed by atoms with Crippen LogP contribution in [0, 0.1) is 5.82 Å². The topological polar surface area (TPSA) is 85.4 Å². The van der Waals surface area contributed by atoms with Gasteiger partial charge in [0.15, 0.2) is 0 Å². The number of aromatic nitrogens is 1. The van der Waals surface area contributed by atoms with Crippen molar-refractivity contribution in [2.24, 2.45) is 0 Å². The van der Waals surface area contributed by atoms with E-state index in [1.165, 1.54) is 24.4 Å². The van der Waals surface area contributed by atoms with E-state index in [-0.39, 0.29) is 28.3 Å². The molecule has 0 saturated carbocycles. The fraction of sp³-hybridized carbons (Fsp3) is 0.111. The van der Waals surface area contributed by atoms with Gasteiger partial charge in [-0.15, -0.1) is 0 Å². The molecule has 0 amide bonds. The van der Waals surface area contributed by atoms with Crippen LogP contribution in [0.25, 0.3) is 10.9 Å². The van der Waals surface area contributed by atoms with Crippen molar-refractivity contribution in [1.82, 2.24) is 4.98 Å². The number of hydrogen-bond acceptors (Lipinski definition) is 5. The van der Waals surface area contributed by atoms with Gasteiger partial charge in [0.25, 0.3) is 10.0 Å². The van der Waals surface area contributed by atoms with Crippen LogP contribution >= 0.6 is 0 Å². The molecule has 3 rings (SSSR count). The second-order valence-electron chi connectivity index (χ2n) is 5.35. The molecule has 0 atom stereocenters. The summed E-state index contributed by atoms with van der Waals surface area (Å²) >= 11 is 0. The third-order valence-electron chi connectivity index (χ3n) is 3.61. The van der Waals surface area contributed by atoms with E-state index >= 15 is 0 Å². The highest BCUT2D eigenvalue weighted by Gasteiger charge is 2.20. The minimum atomic E-state index is -4.07. The fourth-order valence-corrected chi connectivity index (χ4v) is 3.68. The fourth-order valence-electron chi connectivity index (χ4n) is 2.43. The second-order valence-corrected chi connectivity index (χ2v) is 7.00. The van der Waals surface area contributed by atoms with Crippen LogP contribution in [0.1, 0.15) is 17.3 Å². The highest BCUT2D eigenvalue weighted by atomic mass is 32.2. The van der Waals surface area contributed by atoms with Crippen molar-refractivity contribution in [3.05, 3.63) is 66.1 Å². The van der Waals surface area contributed by atoms with Crippen molar-refractivity contribution in [2.75, 3.05) is 11.3 Å². The van der Waals surface area contributed by atoms with E-state index in [4.69, 9.17) is 4.74 Å². The van der Waals surface area contributed by atoms with Crippen molar-refractivity contribution >= 4 is 32.6 Å². The first kappa shape index (κ1) is 17.8. The van der Waals surface area contributed by atoms with E-state index in [0.717, 1.165) is 6.07 Å². The van der Waals surface area contributed by atoms with Crippen molar-refractivity contribution in [1.29, 1.82) is 0 Å². The monoisotopic (exact) mass is 374 g/mol. The minimum absolute atomic E-state index is 0.000810. The number of benzene rings is 2. The first-order chi connectivity index (χ1) is 12.4. The molecule has 0 aliphatic carbocycles. The Hall–Kier alpha value is -3.00. The number of fused-ring (bicyclic) bond motifs is 1. The number of para-hydroxylation sites is 1. The highest BCUT2D eigenvalue weighted by molar-refractivity contribution is 7.93. The molecule has 8 heteroatoms. The van der Waals surface area contributed by atoms with Crippen LogP contribution in [0.15, 0.2) is 59.6 Å². The van der Waals surface area contributed by atoms with Crippen molar-refractivity contribution in [2.45, 2.75) is 11.8 Å². The predicted molar refractivity (Wildman–Crippen MR) is 94.9 cm³/mol. The van der Waals surface area contributed by atoms with Gasteiger partial charge >= 0.3 is 5.97 Å². The molecule has 6 nitrogen and oxygen atoms in total. The lowest BCUT2D eigenvalue weighted by Gasteiger charge is -2.11. The number of nitrogens with zero attached hydrogens (tertiary/aromatic N) is 1. The standard InChI is InChI=1S/C18H15FN2O4S/c1-2-25-18(22)13-8-9-15(14(19)11-13)21-26(23,24)16-7-3-5-12-6-4-10-20-17(12)16/h3-11,21H,2H2,1H3. The molecule has 0 fully saturated rings. The SMILES string of the molecule is CCOC(=O)c1ccc(NS(=O)(=O)c2cccc3cccnc23)c(F)c1. The highest BCUT2D eigenvalue weighted by Crippen LogP contribution is 2.25. The normalized spacial score (nSPS) is 11.3. The smallest absolute Gasteiger partial charge is 0.338 e. The third kappa shape index (κ3) is 3.50. The Morgan fingerprint density at radius 2 is 1.96 bits per heavy atom. The van der Waals surface area contributed by atoms with Crippen LogP contribution in [-0.2, 0) is 14.8 Å². The quantitative estimate of drug-likeness (QED) is 0.692. The van der Waals surface area contributed by atoms with Gasteiger partial charge in [0, 0.05) is 11.6 Å². The molecular formula is C18H15FN2O4S. The summed E-state index contributed by atoms with van der Waals surface area (Å²) < 4.78 is 46.6. The lowest BCUT2D eigenvalue weighted by molar-refractivity contribution is 0.0526. The number of rotatable bonds is 5. The summed E-state index contributed by atoms with van der Waals surface area (Å²) in [6.45, 7) is 1.79. The van der Waals surface area contributed by atoms with Gasteiger partial charge in [0.05, 0.1) is 23.4 Å². The maximum Gasteiger partial charge on any atom is 0.338 e. The summed E-state index contributed by atoms with van der Waals surface area (Å²) in [7, 11) is -4.07. The second kappa shape index (κ2) is 7.09. The number of anilines is 1. The molecule has 26 heavy (non-hydrogen) atoms. The Bertz CT molecular complexity index is 1080. The molecule has 1 heterocycles. The maximum absolute atomic E-state index is 14.3. The van der Waals surface area contributed by atoms with E-state index in [0.29, 0.717) is 5.39 Å². The van der Waals surface area contributed by atoms with E-state index < -0.39 is 21.8 Å². The van der Waals surface area contributed by atoms with E-state index in [2.05, 4.69) is 9.71 Å². The van der Waals surface area contributed by atoms with Crippen molar-refractivity contribution in [3.63, 3.8) is 0 Å². The zero-order valence-electron chi connectivity index (χ0n) is 13.8. The number of carbonyl (C=O) groups is 1. The lowest BCUT2D eigenvalue weighted by Crippen LogP contribution is -2.15. The number of pyridine rings is 1. The summed E-state index contributed by atoms with van der Waals surface area (Å²) in [5, 5.41) is 0.647. The predicted octanol–water partition coefficient (Wildman–Crippen LogP) is 3.35. The molecule has 3 aromatic rings. The molecule has 1 aromatic heterocycles. The first-order valence-electron chi connectivity index (χ1n) is 7.75. The van der Waals surface area contributed by atoms with E-state index in [9.17, 15) is 17.6 Å². The van der Waals surface area contributed by atoms with E-state index in [1.54, 1.807) is 31.2 Å². The number of carbonyl (C=O) groups excluding carboxylic acids is 1. The number of hydrogen-bond donors (Lipinski definition) is 1. The van der Waals surface area contributed by atoms with Gasteiger partial charge in [-0.3, -0.25) is 9.71 Å². The molecule has 0 saturated heterocycles. The Morgan fingerprint density at radius 3 is 2.69 bits per heavy atom. The number of nitrogens with one attached hydrogen (secondary N) is 1. The first-order valence-corrected chi connectivity index (χ1v) is 9.24. The number of sulfonamides is 1. The molecule has 0 bridgehead atoms. The number of ether oxygens (including phenoxy) is 1. The van der Waals surface area contributed by atoms with Gasteiger partial charge in [0.2, 0.25) is 0 Å². The zero-order valence-corrected chi connectivity index (χ0v) is 14.6. The molecule has 134 valence electrons. The largest absolute Gasteiger partial charge is 0.462 e. The molecule has 0 unspecified atom stereocenters. The van der Waals surface area contributed by atoms with Crippen molar-refractivity contribution < 1.29 is 22.3 Å². The third-order valence-corrected chi connectivity index (χ3v) is 5.01. The average molecular weight is 374 g/mol. The lowest BCUT2D eigenvalue weighted by atomic mass is 10.2. The van der Waals surface area contributed by atoms with Gasteiger partial charge in [-0.1, -0.05) is 18.2 Å². The average Bonchev–Trinajstić information content (AvgIpc) is 2.63. The molecule has 0 spiro atoms. The Balaban J connectivity index is 1.96. The maximum atomic E-state index is 14.3. The summed E-state index contributed by atoms with van der Waals surface area (Å²) in [5.74, 6) is -1.56. The van der Waals surface area contributed by atoms with Gasteiger partial charge in [-0.2, -0.15) is 0 Å². The van der Waals surface area contributed by atoms with Crippen LogP contribution in [0.4, 0.5) is 10.1 Å². The summed E-state index contributed by atoms with van der Waals surface area (Å²) in [4.78, 5) is 15.7. The van der Waals surface area contributed by atoms with Gasteiger partial charge in [-0.25, -0.2) is 17.6 Å². The van der Waals surface area contributed by atoms with Crippen molar-refractivity contribution in [3.8, 4) is 0 Å². The molecule has 1 N–H and O–H groups in total. The summed E-state index contributed by atoms with van der Waals surface area (Å²) in [6.07, 6.45) is 1.48. The molecule has 0 aliphatic heterocycles. The van der Waals surface area contributed by atoms with Crippen LogP contribution < -0.4 is 4.72 Å². The van der Waals surface area contributed by atoms with Crippen LogP contribution in [-0.4, -0.2) is 26.0 Å². The van der Waals surface area contributed by atoms with E-state index in [1.807, 2.05) is 0 Å². The Morgan fingerprint density at radius 1 is 1.19 bits per heavy atom. The summed E-state index contributed by atoms with van der Waals surface area (Å²) in [5.41, 5.74) is 0.0103. The summed E-state index contributed by atoms with van der Waals surface area (Å²) in [6, 6.07) is 11.5. The number of esters is 1. The Kier molecular flexibility index (Phi) is 4.85. The van der Waals surface area contributed by atoms with Crippen LogP contribution in [0.3, 0.4) is 0 Å². The molecule has 0 radical (unpaired) electrons. The zero-order chi connectivity index (χ0) is 18.7. The van der Waals surface area contributed by atoms with Gasteiger partial charge < -0.3 is 4.74 Å². The van der Waals surface area contributed by atoms with Crippen LogP contribution in [0.2, 0.25) is 0 Å². The van der Waals surface area contributed by atoms with Gasteiger partial charge in [0.1, 0.15) is 10.7 Å².